The summed E-state index contributed by atoms with van der Waals surface area (Å²) in [6.07, 6.45) is -4.46. The number of benzene rings is 1. The molecule has 0 bridgehead atoms. The Morgan fingerprint density at radius 3 is 2.43 bits per heavy atom. The van der Waals surface area contributed by atoms with Crippen molar-refractivity contribution in [3.8, 4) is 0 Å². The van der Waals surface area contributed by atoms with E-state index in [4.69, 9.17) is 15.6 Å². The summed E-state index contributed by atoms with van der Waals surface area (Å²) in [7, 11) is 0. The van der Waals surface area contributed by atoms with Gasteiger partial charge in [-0.3, -0.25) is 4.79 Å². The number of hydrogen-bond acceptors (Lipinski definition) is 3. The number of alkyl halides is 3. The van der Waals surface area contributed by atoms with Gasteiger partial charge in [-0.2, -0.15) is 13.2 Å². The van der Waals surface area contributed by atoms with Gasteiger partial charge < -0.3 is 15.6 Å². The Bertz CT molecular complexity index is 501. The van der Waals surface area contributed by atoms with Crippen LogP contribution in [0.5, 0.6) is 0 Å². The summed E-state index contributed by atoms with van der Waals surface area (Å²) in [6.45, 7) is 0. The van der Waals surface area contributed by atoms with Crippen LogP contribution < -0.4 is 5.73 Å². The van der Waals surface area contributed by atoms with Crippen molar-refractivity contribution >= 4 is 5.97 Å². The maximum Gasteiger partial charge on any atom is 0.416 e. The smallest absolute Gasteiger partial charge is 0.416 e. The third kappa shape index (κ3) is 3.95. The van der Waals surface area contributed by atoms with Crippen molar-refractivity contribution in [3.05, 3.63) is 35.4 Å². The standard InChI is InChI=1S/C14H16F3NO3/c15-14(16,17)9-3-1-8(2-4-9)13-11(18)6-5-10(21-13)7-12(19)20/h1-4,10-11,13H,5-7,18H2,(H,19,20)/t10-,11+,13-/m0/s1. The first-order chi connectivity index (χ1) is 9.77. The van der Waals surface area contributed by atoms with Crippen molar-refractivity contribution in [3.63, 3.8) is 0 Å². The second-order valence-electron chi connectivity index (χ2n) is 5.14. The van der Waals surface area contributed by atoms with Gasteiger partial charge in [0, 0.05) is 6.04 Å². The number of ether oxygens (including phenoxy) is 1. The monoisotopic (exact) mass is 303 g/mol. The van der Waals surface area contributed by atoms with E-state index in [-0.39, 0.29) is 12.5 Å². The molecule has 1 fully saturated rings. The molecule has 0 radical (unpaired) electrons. The van der Waals surface area contributed by atoms with Crippen LogP contribution in [0.25, 0.3) is 0 Å². The molecule has 0 aromatic heterocycles. The lowest BCUT2D eigenvalue weighted by Crippen LogP contribution is -2.39. The maximum atomic E-state index is 12.5. The van der Waals surface area contributed by atoms with E-state index < -0.39 is 29.9 Å². The van der Waals surface area contributed by atoms with Crippen molar-refractivity contribution in [2.75, 3.05) is 0 Å². The molecule has 1 aliphatic heterocycles. The number of rotatable bonds is 3. The largest absolute Gasteiger partial charge is 0.481 e. The molecule has 3 N–H and O–H groups in total. The van der Waals surface area contributed by atoms with E-state index in [1.165, 1.54) is 12.1 Å². The number of carboxylic acids is 1. The summed E-state index contributed by atoms with van der Waals surface area (Å²) in [4.78, 5) is 10.7. The molecule has 116 valence electrons. The third-order valence-electron chi connectivity index (χ3n) is 3.52. The molecule has 4 nitrogen and oxygen atoms in total. The highest BCUT2D eigenvalue weighted by Crippen LogP contribution is 2.34. The van der Waals surface area contributed by atoms with Gasteiger partial charge in [0.2, 0.25) is 0 Å². The first kappa shape index (κ1) is 15.8. The quantitative estimate of drug-likeness (QED) is 0.900. The van der Waals surface area contributed by atoms with Crippen LogP contribution >= 0.6 is 0 Å². The molecule has 0 spiro atoms. The Labute approximate surface area is 119 Å². The van der Waals surface area contributed by atoms with Gasteiger partial charge in [-0.1, -0.05) is 12.1 Å². The van der Waals surface area contributed by atoms with Gasteiger partial charge >= 0.3 is 12.1 Å². The van der Waals surface area contributed by atoms with E-state index in [9.17, 15) is 18.0 Å². The van der Waals surface area contributed by atoms with Crippen LogP contribution in [0, 0.1) is 0 Å². The van der Waals surface area contributed by atoms with Crippen LogP contribution in [0.3, 0.4) is 0 Å². The van der Waals surface area contributed by atoms with Gasteiger partial charge in [0.15, 0.2) is 0 Å². The molecule has 1 aromatic carbocycles. The summed E-state index contributed by atoms with van der Waals surface area (Å²) in [5.41, 5.74) is 5.73. The molecule has 21 heavy (non-hydrogen) atoms. The van der Waals surface area contributed by atoms with Crippen molar-refractivity contribution in [1.29, 1.82) is 0 Å². The zero-order valence-corrected chi connectivity index (χ0v) is 11.1. The zero-order chi connectivity index (χ0) is 15.6. The Kier molecular flexibility index (Phi) is 4.53. The van der Waals surface area contributed by atoms with Gasteiger partial charge in [-0.05, 0) is 30.5 Å². The van der Waals surface area contributed by atoms with Crippen molar-refractivity contribution < 1.29 is 27.8 Å². The molecule has 1 aliphatic rings. The predicted octanol–water partition coefficient (Wildman–Crippen LogP) is 2.73. The molecule has 1 saturated heterocycles. The number of halogens is 3. The predicted molar refractivity (Wildman–Crippen MR) is 68.5 cm³/mol. The molecule has 1 aromatic rings. The van der Waals surface area contributed by atoms with Crippen LogP contribution in [0.15, 0.2) is 24.3 Å². The van der Waals surface area contributed by atoms with E-state index in [0.29, 0.717) is 18.4 Å². The Hall–Kier alpha value is -1.60. The van der Waals surface area contributed by atoms with E-state index in [0.717, 1.165) is 12.1 Å². The Morgan fingerprint density at radius 1 is 1.29 bits per heavy atom. The summed E-state index contributed by atoms with van der Waals surface area (Å²) in [6, 6.07) is 4.26. The molecule has 2 rings (SSSR count). The zero-order valence-electron chi connectivity index (χ0n) is 11.1. The van der Waals surface area contributed by atoms with Crippen LogP contribution in [0.1, 0.15) is 36.5 Å². The molecule has 0 aliphatic carbocycles. The SMILES string of the molecule is N[C@@H]1CC[C@@H](CC(=O)O)O[C@H]1c1ccc(C(F)(F)F)cc1. The lowest BCUT2D eigenvalue weighted by Gasteiger charge is -2.34. The van der Waals surface area contributed by atoms with Crippen LogP contribution in [0.2, 0.25) is 0 Å². The highest BCUT2D eigenvalue weighted by Gasteiger charge is 2.33. The minimum absolute atomic E-state index is 0.135. The highest BCUT2D eigenvalue weighted by atomic mass is 19.4. The number of aliphatic carboxylic acids is 1. The second kappa shape index (κ2) is 6.03. The number of carboxylic acid groups (broad SMARTS) is 1. The fourth-order valence-electron chi connectivity index (χ4n) is 2.44. The average molecular weight is 303 g/mol. The average Bonchev–Trinajstić information content (AvgIpc) is 2.39. The summed E-state index contributed by atoms with van der Waals surface area (Å²) in [5.74, 6) is -0.971. The van der Waals surface area contributed by atoms with Gasteiger partial charge in [0.25, 0.3) is 0 Å². The van der Waals surface area contributed by atoms with Gasteiger partial charge in [-0.25, -0.2) is 0 Å². The molecule has 3 atom stereocenters. The van der Waals surface area contributed by atoms with Crippen LogP contribution in [-0.4, -0.2) is 23.2 Å². The highest BCUT2D eigenvalue weighted by molar-refractivity contribution is 5.67. The van der Waals surface area contributed by atoms with E-state index >= 15 is 0 Å². The molecule has 1 heterocycles. The number of hydrogen-bond donors (Lipinski definition) is 2. The molecular formula is C14H16F3NO3. The molecular weight excluding hydrogens is 287 g/mol. The minimum atomic E-state index is -4.39. The fourth-order valence-corrected chi connectivity index (χ4v) is 2.44. The first-order valence-electron chi connectivity index (χ1n) is 6.57. The summed E-state index contributed by atoms with van der Waals surface area (Å²) < 4.78 is 43.2. The van der Waals surface area contributed by atoms with Crippen molar-refractivity contribution in [2.24, 2.45) is 5.73 Å². The van der Waals surface area contributed by atoms with Crippen LogP contribution in [-0.2, 0) is 15.7 Å². The molecule has 0 saturated carbocycles. The topological polar surface area (TPSA) is 72.6 Å². The van der Waals surface area contributed by atoms with E-state index in [1.807, 2.05) is 0 Å². The number of carbonyl (C=O) groups is 1. The molecule has 7 heteroatoms. The third-order valence-corrected chi connectivity index (χ3v) is 3.52. The van der Waals surface area contributed by atoms with Gasteiger partial charge in [0.05, 0.1) is 24.2 Å². The normalized spacial score (nSPS) is 26.6. The van der Waals surface area contributed by atoms with Crippen LogP contribution in [0.4, 0.5) is 13.2 Å². The maximum absolute atomic E-state index is 12.5. The van der Waals surface area contributed by atoms with Gasteiger partial charge in [0.1, 0.15) is 0 Å². The summed E-state index contributed by atoms with van der Waals surface area (Å²) >= 11 is 0. The molecule has 0 unspecified atom stereocenters. The lowest BCUT2D eigenvalue weighted by atomic mass is 9.92. The lowest BCUT2D eigenvalue weighted by molar-refractivity contribution is -0.144. The van der Waals surface area contributed by atoms with Crippen molar-refractivity contribution in [1.82, 2.24) is 0 Å². The summed E-state index contributed by atoms with van der Waals surface area (Å²) in [5, 5.41) is 8.78. The first-order valence-corrected chi connectivity index (χ1v) is 6.57. The fraction of sp³-hybridized carbons (Fsp3) is 0.500. The Balaban J connectivity index is 2.13. The molecule has 0 amide bonds. The van der Waals surface area contributed by atoms with Gasteiger partial charge in [-0.15, -0.1) is 0 Å². The van der Waals surface area contributed by atoms with E-state index in [2.05, 4.69) is 0 Å². The minimum Gasteiger partial charge on any atom is -0.481 e. The van der Waals surface area contributed by atoms with E-state index in [1.54, 1.807) is 0 Å². The number of nitrogens with two attached hydrogens (primary N) is 1. The second-order valence-corrected chi connectivity index (χ2v) is 5.14. The Morgan fingerprint density at radius 2 is 1.90 bits per heavy atom. The van der Waals surface area contributed by atoms with Crippen molar-refractivity contribution in [2.45, 2.75) is 43.7 Å².